The van der Waals surface area contributed by atoms with Crippen LogP contribution in [0.15, 0.2) is 91.0 Å². The Morgan fingerprint density at radius 2 is 1.53 bits per heavy atom. The molecule has 0 aliphatic rings. The SMILES string of the molecule is CCc1nn(-c2ccccc2)c(Oc2ccccc2)c1CN(CCOC)C(=O)c1ccccc1. The van der Waals surface area contributed by atoms with Crippen LogP contribution in [0.5, 0.6) is 11.6 Å². The average molecular weight is 456 g/mol. The molecule has 34 heavy (non-hydrogen) atoms. The van der Waals surface area contributed by atoms with E-state index in [1.165, 1.54) is 0 Å². The minimum Gasteiger partial charge on any atom is -0.439 e. The highest BCUT2D eigenvalue weighted by Gasteiger charge is 2.25. The number of para-hydroxylation sites is 2. The molecule has 1 amide bonds. The van der Waals surface area contributed by atoms with Gasteiger partial charge in [-0.05, 0) is 42.8 Å². The number of carbonyl (C=O) groups excluding carboxylic acids is 1. The van der Waals surface area contributed by atoms with Gasteiger partial charge in [0.2, 0.25) is 5.88 Å². The standard InChI is InChI=1S/C28H29N3O3/c1-3-26-25(21-30(19-20-33-2)27(32)22-13-7-4-8-14-22)28(34-24-17-11-6-12-18-24)31(29-26)23-15-9-5-10-16-23/h4-18H,3,19-21H2,1-2H3. The van der Waals surface area contributed by atoms with Crippen molar-refractivity contribution in [3.05, 3.63) is 108 Å². The first kappa shape index (κ1) is 23.3. The van der Waals surface area contributed by atoms with Gasteiger partial charge in [-0.3, -0.25) is 4.79 Å². The number of ether oxygens (including phenoxy) is 2. The maximum atomic E-state index is 13.4. The lowest BCUT2D eigenvalue weighted by molar-refractivity contribution is 0.0679. The van der Waals surface area contributed by atoms with E-state index in [2.05, 4.69) is 6.92 Å². The van der Waals surface area contributed by atoms with Crippen LogP contribution in [0.4, 0.5) is 0 Å². The zero-order valence-corrected chi connectivity index (χ0v) is 19.6. The van der Waals surface area contributed by atoms with Gasteiger partial charge in [-0.2, -0.15) is 5.10 Å². The molecule has 0 bridgehead atoms. The Balaban J connectivity index is 1.78. The van der Waals surface area contributed by atoms with E-state index in [9.17, 15) is 4.79 Å². The first-order chi connectivity index (χ1) is 16.7. The second kappa shape index (κ2) is 11.3. The van der Waals surface area contributed by atoms with Gasteiger partial charge in [-0.1, -0.05) is 61.5 Å². The zero-order valence-electron chi connectivity index (χ0n) is 19.6. The molecule has 0 saturated carbocycles. The van der Waals surface area contributed by atoms with E-state index in [0.717, 1.165) is 16.9 Å². The van der Waals surface area contributed by atoms with Crippen LogP contribution in [0.3, 0.4) is 0 Å². The number of hydrogen-bond acceptors (Lipinski definition) is 4. The van der Waals surface area contributed by atoms with Crippen LogP contribution in [-0.4, -0.2) is 40.8 Å². The summed E-state index contributed by atoms with van der Waals surface area (Å²) in [5.41, 5.74) is 3.30. The third-order valence-electron chi connectivity index (χ3n) is 5.54. The van der Waals surface area contributed by atoms with E-state index in [1.54, 1.807) is 12.0 Å². The third-order valence-corrected chi connectivity index (χ3v) is 5.54. The van der Waals surface area contributed by atoms with Crippen molar-refractivity contribution >= 4 is 5.91 Å². The van der Waals surface area contributed by atoms with Crippen LogP contribution in [0.1, 0.15) is 28.5 Å². The topological polar surface area (TPSA) is 56.6 Å². The van der Waals surface area contributed by atoms with Crippen LogP contribution in [0, 0.1) is 0 Å². The zero-order chi connectivity index (χ0) is 23.8. The molecular weight excluding hydrogens is 426 g/mol. The molecule has 1 aromatic heterocycles. The Bertz CT molecular complexity index is 1190. The monoisotopic (exact) mass is 455 g/mol. The molecule has 174 valence electrons. The summed E-state index contributed by atoms with van der Waals surface area (Å²) in [5, 5.41) is 4.88. The van der Waals surface area contributed by atoms with E-state index in [1.807, 2.05) is 95.7 Å². The van der Waals surface area contributed by atoms with Crippen LogP contribution < -0.4 is 4.74 Å². The number of methoxy groups -OCH3 is 1. The maximum absolute atomic E-state index is 13.4. The molecule has 0 radical (unpaired) electrons. The van der Waals surface area contributed by atoms with Gasteiger partial charge in [-0.15, -0.1) is 0 Å². The fourth-order valence-electron chi connectivity index (χ4n) is 3.78. The number of hydrogen-bond donors (Lipinski definition) is 0. The summed E-state index contributed by atoms with van der Waals surface area (Å²) in [7, 11) is 1.64. The number of carbonyl (C=O) groups is 1. The molecule has 0 spiro atoms. The van der Waals surface area contributed by atoms with Crippen molar-refractivity contribution in [2.24, 2.45) is 0 Å². The highest BCUT2D eigenvalue weighted by Crippen LogP contribution is 2.32. The van der Waals surface area contributed by atoms with Crippen molar-refractivity contribution in [2.75, 3.05) is 20.3 Å². The Morgan fingerprint density at radius 3 is 2.15 bits per heavy atom. The van der Waals surface area contributed by atoms with Crippen molar-refractivity contribution in [3.8, 4) is 17.3 Å². The molecule has 0 aliphatic heterocycles. The Kier molecular flexibility index (Phi) is 7.73. The van der Waals surface area contributed by atoms with E-state index in [4.69, 9.17) is 14.6 Å². The second-order valence-corrected chi connectivity index (χ2v) is 7.83. The summed E-state index contributed by atoms with van der Waals surface area (Å²) < 4.78 is 13.5. The molecule has 0 saturated heterocycles. The summed E-state index contributed by atoms with van der Waals surface area (Å²) in [5.74, 6) is 1.26. The molecule has 0 fully saturated rings. The number of aryl methyl sites for hydroxylation is 1. The van der Waals surface area contributed by atoms with Gasteiger partial charge in [0.05, 0.1) is 30.1 Å². The molecular formula is C28H29N3O3. The van der Waals surface area contributed by atoms with Crippen molar-refractivity contribution in [1.82, 2.24) is 14.7 Å². The van der Waals surface area contributed by atoms with Crippen LogP contribution >= 0.6 is 0 Å². The Morgan fingerprint density at radius 1 is 0.912 bits per heavy atom. The third kappa shape index (κ3) is 5.35. The molecule has 3 aromatic carbocycles. The summed E-state index contributed by atoms with van der Waals surface area (Å²) in [6.45, 7) is 3.30. The molecule has 6 nitrogen and oxygen atoms in total. The highest BCUT2D eigenvalue weighted by atomic mass is 16.5. The predicted molar refractivity (Wildman–Crippen MR) is 133 cm³/mol. The number of amides is 1. The largest absolute Gasteiger partial charge is 0.439 e. The number of nitrogens with zero attached hydrogens (tertiary/aromatic N) is 3. The molecule has 1 heterocycles. The van der Waals surface area contributed by atoms with Gasteiger partial charge < -0.3 is 14.4 Å². The van der Waals surface area contributed by atoms with Gasteiger partial charge >= 0.3 is 0 Å². The quantitative estimate of drug-likeness (QED) is 0.316. The van der Waals surface area contributed by atoms with E-state index >= 15 is 0 Å². The average Bonchev–Trinajstić information content (AvgIpc) is 3.24. The molecule has 4 rings (SSSR count). The molecule has 4 aromatic rings. The molecule has 6 heteroatoms. The minimum atomic E-state index is -0.0576. The van der Waals surface area contributed by atoms with Gasteiger partial charge in [0.25, 0.3) is 5.91 Å². The lowest BCUT2D eigenvalue weighted by Crippen LogP contribution is -2.33. The fraction of sp³-hybridized carbons (Fsp3) is 0.214. The van der Waals surface area contributed by atoms with Crippen molar-refractivity contribution in [1.29, 1.82) is 0 Å². The van der Waals surface area contributed by atoms with Crippen LogP contribution in [0.2, 0.25) is 0 Å². The van der Waals surface area contributed by atoms with Crippen molar-refractivity contribution in [2.45, 2.75) is 19.9 Å². The van der Waals surface area contributed by atoms with E-state index in [0.29, 0.717) is 43.3 Å². The van der Waals surface area contributed by atoms with Crippen molar-refractivity contribution < 1.29 is 14.3 Å². The smallest absolute Gasteiger partial charge is 0.254 e. The Labute approximate surface area is 200 Å². The fourth-order valence-corrected chi connectivity index (χ4v) is 3.78. The summed E-state index contributed by atoms with van der Waals surface area (Å²) in [6.07, 6.45) is 0.706. The molecule has 0 atom stereocenters. The minimum absolute atomic E-state index is 0.0576. The Hall–Kier alpha value is -3.90. The van der Waals surface area contributed by atoms with Crippen molar-refractivity contribution in [3.63, 3.8) is 0 Å². The lowest BCUT2D eigenvalue weighted by Gasteiger charge is -2.23. The van der Waals surface area contributed by atoms with Crippen LogP contribution in [0.25, 0.3) is 5.69 Å². The molecule has 0 N–H and O–H groups in total. The molecule has 0 aliphatic carbocycles. The lowest BCUT2D eigenvalue weighted by atomic mass is 10.1. The van der Waals surface area contributed by atoms with Gasteiger partial charge in [0, 0.05) is 19.2 Å². The first-order valence-electron chi connectivity index (χ1n) is 11.4. The number of rotatable bonds is 10. The van der Waals surface area contributed by atoms with E-state index < -0.39 is 0 Å². The summed E-state index contributed by atoms with van der Waals surface area (Å²) in [6, 6.07) is 28.8. The molecule has 0 unspecified atom stereocenters. The number of aromatic nitrogens is 2. The summed E-state index contributed by atoms with van der Waals surface area (Å²) >= 11 is 0. The normalized spacial score (nSPS) is 10.8. The van der Waals surface area contributed by atoms with Gasteiger partial charge in [-0.25, -0.2) is 4.68 Å². The predicted octanol–water partition coefficient (Wildman–Crippen LogP) is 5.52. The summed E-state index contributed by atoms with van der Waals surface area (Å²) in [4.78, 5) is 15.2. The maximum Gasteiger partial charge on any atom is 0.254 e. The second-order valence-electron chi connectivity index (χ2n) is 7.83. The number of benzene rings is 3. The van der Waals surface area contributed by atoms with Crippen LogP contribution in [-0.2, 0) is 17.7 Å². The van der Waals surface area contributed by atoms with E-state index in [-0.39, 0.29) is 5.91 Å². The van der Waals surface area contributed by atoms with Gasteiger partial charge in [0.15, 0.2) is 0 Å². The first-order valence-corrected chi connectivity index (χ1v) is 11.4. The highest BCUT2D eigenvalue weighted by molar-refractivity contribution is 5.94. The van der Waals surface area contributed by atoms with Gasteiger partial charge in [0.1, 0.15) is 5.75 Å².